The van der Waals surface area contributed by atoms with E-state index in [-0.39, 0.29) is 26.4 Å². The molecule has 2 saturated heterocycles. The molecule has 2 aliphatic heterocycles. The van der Waals surface area contributed by atoms with Gasteiger partial charge >= 0.3 is 0 Å². The first-order valence-electron chi connectivity index (χ1n) is 10.2. The maximum Gasteiger partial charge on any atom is 0.255 e. The van der Waals surface area contributed by atoms with Gasteiger partial charge in [-0.05, 0) is 25.0 Å². The first kappa shape index (κ1) is 22.5. The molecule has 0 unspecified atom stereocenters. The van der Waals surface area contributed by atoms with E-state index in [1.807, 2.05) is 19.4 Å². The molecule has 0 N–H and O–H groups in total. The molecule has 0 bridgehead atoms. The molecule has 0 saturated carbocycles. The number of aromatic nitrogens is 2. The number of nitrogens with zero attached hydrogens (tertiary/aromatic N) is 5. The zero-order valence-corrected chi connectivity index (χ0v) is 19.6. The molecule has 2 aliphatic rings. The second-order valence-corrected chi connectivity index (χ2v) is 10.7. The van der Waals surface area contributed by atoms with Crippen molar-refractivity contribution in [1.29, 1.82) is 0 Å². The maximum absolute atomic E-state index is 13.2. The number of rotatable bonds is 5. The molecule has 11 heteroatoms. The van der Waals surface area contributed by atoms with E-state index in [1.165, 1.54) is 16.4 Å². The molecule has 0 aliphatic carbocycles. The Balaban J connectivity index is 1.48. The van der Waals surface area contributed by atoms with Gasteiger partial charge in [0, 0.05) is 64.6 Å². The second-order valence-electron chi connectivity index (χ2n) is 7.96. The van der Waals surface area contributed by atoms with Gasteiger partial charge in [0.1, 0.15) is 4.90 Å². The summed E-state index contributed by atoms with van der Waals surface area (Å²) in [5, 5.41) is 4.38. The Bertz CT molecular complexity index is 1070. The van der Waals surface area contributed by atoms with Crippen LogP contribution >= 0.6 is 23.2 Å². The molecule has 8 nitrogen and oxygen atoms in total. The predicted octanol–water partition coefficient (Wildman–Crippen LogP) is 2.47. The number of piperazine rings is 1. The summed E-state index contributed by atoms with van der Waals surface area (Å²) in [7, 11) is -1.88. The van der Waals surface area contributed by atoms with Crippen molar-refractivity contribution in [3.8, 4) is 0 Å². The minimum absolute atomic E-state index is 0.0368. The van der Waals surface area contributed by atoms with Crippen LogP contribution in [0, 0.1) is 0 Å². The van der Waals surface area contributed by atoms with E-state index in [9.17, 15) is 13.2 Å². The molecule has 31 heavy (non-hydrogen) atoms. The van der Waals surface area contributed by atoms with E-state index in [1.54, 1.807) is 9.58 Å². The van der Waals surface area contributed by atoms with Crippen LogP contribution in [-0.4, -0.2) is 77.5 Å². The van der Waals surface area contributed by atoms with Gasteiger partial charge in [0.2, 0.25) is 10.0 Å². The second kappa shape index (κ2) is 9.07. The van der Waals surface area contributed by atoms with E-state index in [4.69, 9.17) is 23.2 Å². The fraction of sp³-hybridized carbons (Fsp3) is 0.500. The molecule has 1 aromatic carbocycles. The molecular weight excluding hydrogens is 461 g/mol. The van der Waals surface area contributed by atoms with Crippen LogP contribution < -0.4 is 0 Å². The van der Waals surface area contributed by atoms with Crippen LogP contribution in [0.5, 0.6) is 0 Å². The third-order valence-electron chi connectivity index (χ3n) is 5.76. The molecule has 168 valence electrons. The van der Waals surface area contributed by atoms with Crippen molar-refractivity contribution in [3.05, 3.63) is 45.7 Å². The molecule has 0 spiro atoms. The van der Waals surface area contributed by atoms with Crippen LogP contribution in [0.3, 0.4) is 0 Å². The quantitative estimate of drug-likeness (QED) is 0.649. The van der Waals surface area contributed by atoms with Crippen LogP contribution in [0.2, 0.25) is 10.0 Å². The number of halogens is 2. The lowest BCUT2D eigenvalue weighted by atomic mass is 10.1. The molecule has 0 radical (unpaired) electrons. The zero-order chi connectivity index (χ0) is 22.2. The first-order chi connectivity index (χ1) is 14.8. The minimum atomic E-state index is -3.76. The fourth-order valence-corrected chi connectivity index (χ4v) is 6.40. The maximum atomic E-state index is 13.2. The Kier molecular flexibility index (Phi) is 6.60. The number of aryl methyl sites for hydroxylation is 1. The molecule has 2 aromatic rings. The Morgan fingerprint density at radius 2 is 1.71 bits per heavy atom. The average Bonchev–Trinajstić information content (AvgIpc) is 3.40. The van der Waals surface area contributed by atoms with Crippen molar-refractivity contribution < 1.29 is 13.2 Å². The molecular formula is C20H25Cl2N5O3S. The Morgan fingerprint density at radius 1 is 1.03 bits per heavy atom. The van der Waals surface area contributed by atoms with E-state index < -0.39 is 10.0 Å². The average molecular weight is 486 g/mol. The van der Waals surface area contributed by atoms with Gasteiger partial charge in [-0.15, -0.1) is 0 Å². The Labute approximate surface area is 192 Å². The number of carbonyl (C=O) groups excluding carboxylic acids is 1. The van der Waals surface area contributed by atoms with Crippen LogP contribution in [0.25, 0.3) is 0 Å². The van der Waals surface area contributed by atoms with E-state index in [0.717, 1.165) is 24.9 Å². The summed E-state index contributed by atoms with van der Waals surface area (Å²) in [5.41, 5.74) is 1.30. The number of amides is 1. The molecule has 3 heterocycles. The van der Waals surface area contributed by atoms with Gasteiger partial charge in [-0.1, -0.05) is 23.2 Å². The van der Waals surface area contributed by atoms with Crippen LogP contribution in [-0.2, 0) is 23.6 Å². The highest BCUT2D eigenvalue weighted by atomic mass is 35.5. The third-order valence-corrected chi connectivity index (χ3v) is 8.43. The molecule has 1 amide bonds. The van der Waals surface area contributed by atoms with Gasteiger partial charge in [0.25, 0.3) is 5.91 Å². The van der Waals surface area contributed by atoms with Crippen LogP contribution in [0.15, 0.2) is 29.4 Å². The van der Waals surface area contributed by atoms with Gasteiger partial charge in [-0.25, -0.2) is 8.42 Å². The van der Waals surface area contributed by atoms with E-state index >= 15 is 0 Å². The lowest BCUT2D eigenvalue weighted by Crippen LogP contribution is -2.48. The monoisotopic (exact) mass is 485 g/mol. The standard InChI is InChI=1S/C20H25Cl2N5O3S/c1-24-13-15(12-23-24)14-25-6-8-26(9-7-25)20(28)16-10-19(18(22)11-17(16)21)31(29,30)27-4-2-3-5-27/h10-13H,2-9,14H2,1H3. The minimum Gasteiger partial charge on any atom is -0.336 e. The normalized spacial score (nSPS) is 18.6. The number of benzene rings is 1. The topological polar surface area (TPSA) is 78.8 Å². The SMILES string of the molecule is Cn1cc(CN2CCN(C(=O)c3cc(S(=O)(=O)N4CCCC4)c(Cl)cc3Cl)CC2)cn1. The van der Waals surface area contributed by atoms with Gasteiger partial charge in [0.15, 0.2) is 0 Å². The molecule has 2 fully saturated rings. The number of hydrogen-bond donors (Lipinski definition) is 0. The van der Waals surface area contributed by atoms with Crippen molar-refractivity contribution >= 4 is 39.1 Å². The van der Waals surface area contributed by atoms with Crippen molar-refractivity contribution in [3.63, 3.8) is 0 Å². The molecule has 4 rings (SSSR count). The van der Waals surface area contributed by atoms with Gasteiger partial charge in [-0.2, -0.15) is 9.40 Å². The lowest BCUT2D eigenvalue weighted by Gasteiger charge is -2.34. The van der Waals surface area contributed by atoms with E-state index in [0.29, 0.717) is 39.3 Å². The molecule has 1 aromatic heterocycles. The fourth-order valence-electron chi connectivity index (χ4n) is 4.05. The first-order valence-corrected chi connectivity index (χ1v) is 12.4. The van der Waals surface area contributed by atoms with Gasteiger partial charge < -0.3 is 4.90 Å². The highest BCUT2D eigenvalue weighted by Gasteiger charge is 2.32. The smallest absolute Gasteiger partial charge is 0.255 e. The van der Waals surface area contributed by atoms with Crippen molar-refractivity contribution in [2.24, 2.45) is 7.05 Å². The highest BCUT2D eigenvalue weighted by Crippen LogP contribution is 2.32. The summed E-state index contributed by atoms with van der Waals surface area (Å²) in [6.07, 6.45) is 5.46. The van der Waals surface area contributed by atoms with Crippen molar-refractivity contribution in [1.82, 2.24) is 23.9 Å². The van der Waals surface area contributed by atoms with Gasteiger partial charge in [-0.3, -0.25) is 14.4 Å². The van der Waals surface area contributed by atoms with Crippen molar-refractivity contribution in [2.45, 2.75) is 24.3 Å². The predicted molar refractivity (Wildman–Crippen MR) is 119 cm³/mol. The third kappa shape index (κ3) is 4.75. The summed E-state index contributed by atoms with van der Waals surface area (Å²) in [5.74, 6) is -0.277. The summed E-state index contributed by atoms with van der Waals surface area (Å²) in [6, 6.07) is 2.70. The Morgan fingerprint density at radius 3 is 2.32 bits per heavy atom. The van der Waals surface area contributed by atoms with Crippen molar-refractivity contribution in [2.75, 3.05) is 39.3 Å². The zero-order valence-electron chi connectivity index (χ0n) is 17.3. The van der Waals surface area contributed by atoms with Gasteiger partial charge in [0.05, 0.1) is 21.8 Å². The highest BCUT2D eigenvalue weighted by molar-refractivity contribution is 7.89. The summed E-state index contributed by atoms with van der Waals surface area (Å²) >= 11 is 12.5. The summed E-state index contributed by atoms with van der Waals surface area (Å²) in [4.78, 5) is 17.1. The number of carbonyl (C=O) groups is 1. The largest absolute Gasteiger partial charge is 0.336 e. The van der Waals surface area contributed by atoms with E-state index in [2.05, 4.69) is 10.00 Å². The van der Waals surface area contributed by atoms with Crippen LogP contribution in [0.1, 0.15) is 28.8 Å². The number of hydrogen-bond acceptors (Lipinski definition) is 5. The summed E-state index contributed by atoms with van der Waals surface area (Å²) in [6.45, 7) is 4.19. The summed E-state index contributed by atoms with van der Waals surface area (Å²) < 4.78 is 29.2. The Hall–Kier alpha value is -1.65. The van der Waals surface area contributed by atoms with Crippen LogP contribution in [0.4, 0.5) is 0 Å². The number of sulfonamides is 1. The molecule has 0 atom stereocenters. The lowest BCUT2D eigenvalue weighted by molar-refractivity contribution is 0.0628.